The Morgan fingerprint density at radius 2 is 2.10 bits per heavy atom. The molecule has 0 saturated carbocycles. The van der Waals surface area contributed by atoms with Gasteiger partial charge in [0.25, 0.3) is 0 Å². The fourth-order valence-electron chi connectivity index (χ4n) is 1.41. The third kappa shape index (κ3) is 6.65. The van der Waals surface area contributed by atoms with Gasteiger partial charge in [0.2, 0.25) is 5.16 Å². The monoisotopic (exact) mass is 303 g/mol. The Labute approximate surface area is 124 Å². The van der Waals surface area contributed by atoms with Crippen LogP contribution in [-0.2, 0) is 16.0 Å². The SMILES string of the molecule is COCCNCCn1nnnc1SCCC(C)(C)OC. The molecule has 0 unspecified atom stereocenters. The van der Waals surface area contributed by atoms with E-state index in [1.165, 1.54) is 0 Å². The molecule has 7 nitrogen and oxygen atoms in total. The van der Waals surface area contributed by atoms with Crippen molar-refractivity contribution in [1.29, 1.82) is 0 Å². The molecule has 0 aliphatic heterocycles. The van der Waals surface area contributed by atoms with Crippen molar-refractivity contribution < 1.29 is 9.47 Å². The standard InChI is InChI=1S/C12H25N5O2S/c1-12(2,19-4)5-10-20-11-14-15-16-17(11)8-6-13-7-9-18-3/h13H,5-10H2,1-4H3. The van der Waals surface area contributed by atoms with Crippen LogP contribution in [0, 0.1) is 0 Å². The van der Waals surface area contributed by atoms with Gasteiger partial charge in [0, 0.05) is 33.1 Å². The van der Waals surface area contributed by atoms with E-state index in [0.717, 1.165) is 37.0 Å². The molecule has 0 saturated heterocycles. The minimum atomic E-state index is -0.104. The Balaban J connectivity index is 2.28. The molecule has 0 spiro atoms. The van der Waals surface area contributed by atoms with Gasteiger partial charge in [0.1, 0.15) is 0 Å². The van der Waals surface area contributed by atoms with Crippen molar-refractivity contribution in [2.75, 3.05) is 39.7 Å². The molecule has 0 aromatic carbocycles. The number of tetrazole rings is 1. The van der Waals surface area contributed by atoms with Crippen LogP contribution in [0.4, 0.5) is 0 Å². The minimum Gasteiger partial charge on any atom is -0.383 e. The second kappa shape index (κ2) is 9.28. The van der Waals surface area contributed by atoms with Crippen molar-refractivity contribution in [2.45, 2.75) is 37.6 Å². The Morgan fingerprint density at radius 1 is 1.30 bits per heavy atom. The maximum absolute atomic E-state index is 5.40. The second-order valence-corrected chi connectivity index (χ2v) is 6.05. The van der Waals surface area contributed by atoms with Gasteiger partial charge in [-0.3, -0.25) is 0 Å². The molecular formula is C12H25N5O2S. The molecule has 1 N–H and O–H groups in total. The van der Waals surface area contributed by atoms with Gasteiger partial charge in [0.15, 0.2) is 0 Å². The van der Waals surface area contributed by atoms with Crippen LogP contribution in [0.3, 0.4) is 0 Å². The van der Waals surface area contributed by atoms with Gasteiger partial charge in [-0.2, -0.15) is 0 Å². The van der Waals surface area contributed by atoms with Crippen LogP contribution in [0.15, 0.2) is 5.16 Å². The first-order chi connectivity index (χ1) is 9.59. The smallest absolute Gasteiger partial charge is 0.209 e. The fourth-order valence-corrected chi connectivity index (χ4v) is 2.56. The van der Waals surface area contributed by atoms with Gasteiger partial charge in [-0.25, -0.2) is 4.68 Å². The molecule has 8 heteroatoms. The van der Waals surface area contributed by atoms with Gasteiger partial charge in [-0.05, 0) is 30.7 Å². The maximum Gasteiger partial charge on any atom is 0.209 e. The first-order valence-corrected chi connectivity index (χ1v) is 7.71. The third-order valence-electron chi connectivity index (χ3n) is 2.97. The molecular weight excluding hydrogens is 278 g/mol. The van der Waals surface area contributed by atoms with Crippen LogP contribution in [0.5, 0.6) is 0 Å². The zero-order valence-electron chi connectivity index (χ0n) is 12.8. The molecule has 1 rings (SSSR count). The van der Waals surface area contributed by atoms with Gasteiger partial charge in [0.05, 0.1) is 18.8 Å². The van der Waals surface area contributed by atoms with E-state index in [2.05, 4.69) is 34.7 Å². The lowest BCUT2D eigenvalue weighted by molar-refractivity contribution is 0.0206. The number of nitrogens with zero attached hydrogens (tertiary/aromatic N) is 4. The summed E-state index contributed by atoms with van der Waals surface area (Å²) in [5.41, 5.74) is -0.104. The van der Waals surface area contributed by atoms with Crippen LogP contribution in [0.2, 0.25) is 0 Å². The largest absolute Gasteiger partial charge is 0.383 e. The first-order valence-electron chi connectivity index (χ1n) is 6.73. The molecule has 20 heavy (non-hydrogen) atoms. The van der Waals surface area contributed by atoms with Crippen molar-refractivity contribution in [2.24, 2.45) is 0 Å². The Hall–Kier alpha value is -0.700. The number of nitrogens with one attached hydrogen (secondary N) is 1. The van der Waals surface area contributed by atoms with E-state index in [-0.39, 0.29) is 5.60 Å². The molecule has 0 fully saturated rings. The quantitative estimate of drug-likeness (QED) is 0.479. The second-order valence-electron chi connectivity index (χ2n) is 4.99. The van der Waals surface area contributed by atoms with E-state index in [0.29, 0.717) is 6.61 Å². The number of hydrogen-bond acceptors (Lipinski definition) is 7. The number of hydrogen-bond donors (Lipinski definition) is 1. The topological polar surface area (TPSA) is 74.1 Å². The molecule has 1 aromatic rings. The normalized spacial score (nSPS) is 12.0. The van der Waals surface area contributed by atoms with E-state index >= 15 is 0 Å². The summed E-state index contributed by atoms with van der Waals surface area (Å²) in [6.07, 6.45) is 0.952. The number of methoxy groups -OCH3 is 2. The lowest BCUT2D eigenvalue weighted by Gasteiger charge is -2.22. The van der Waals surface area contributed by atoms with Crippen molar-refractivity contribution >= 4 is 11.8 Å². The predicted octanol–water partition coefficient (Wildman–Crippen LogP) is 0.816. The van der Waals surface area contributed by atoms with E-state index < -0.39 is 0 Å². The molecule has 0 atom stereocenters. The lowest BCUT2D eigenvalue weighted by atomic mass is 10.1. The number of aromatic nitrogens is 4. The zero-order valence-corrected chi connectivity index (χ0v) is 13.6. The average molecular weight is 303 g/mol. The molecule has 0 amide bonds. The number of thioether (sulfide) groups is 1. The van der Waals surface area contributed by atoms with Crippen LogP contribution in [-0.4, -0.2) is 65.5 Å². The van der Waals surface area contributed by atoms with Crippen LogP contribution < -0.4 is 5.32 Å². The number of ether oxygens (including phenoxy) is 2. The molecule has 1 heterocycles. The average Bonchev–Trinajstić information content (AvgIpc) is 2.86. The Kier molecular flexibility index (Phi) is 8.05. The van der Waals surface area contributed by atoms with Gasteiger partial charge >= 0.3 is 0 Å². The summed E-state index contributed by atoms with van der Waals surface area (Å²) in [5, 5.41) is 15.9. The fraction of sp³-hybridized carbons (Fsp3) is 0.917. The molecule has 0 aliphatic rings. The summed E-state index contributed by atoms with van der Waals surface area (Å²) in [7, 11) is 3.43. The molecule has 0 aliphatic carbocycles. The highest BCUT2D eigenvalue weighted by Crippen LogP contribution is 2.20. The summed E-state index contributed by atoms with van der Waals surface area (Å²) in [4.78, 5) is 0. The highest BCUT2D eigenvalue weighted by molar-refractivity contribution is 7.99. The van der Waals surface area contributed by atoms with Crippen molar-refractivity contribution in [1.82, 2.24) is 25.5 Å². The minimum absolute atomic E-state index is 0.104. The zero-order chi connectivity index (χ0) is 14.8. The molecule has 0 bridgehead atoms. The van der Waals surface area contributed by atoms with Crippen LogP contribution >= 0.6 is 11.8 Å². The summed E-state index contributed by atoms with van der Waals surface area (Å²) in [6.45, 7) is 7.29. The summed E-state index contributed by atoms with van der Waals surface area (Å²) in [5.74, 6) is 0.929. The van der Waals surface area contributed by atoms with E-state index in [1.807, 2.05) is 4.68 Å². The summed E-state index contributed by atoms with van der Waals surface area (Å²) < 4.78 is 12.2. The third-order valence-corrected chi connectivity index (χ3v) is 3.93. The van der Waals surface area contributed by atoms with Crippen LogP contribution in [0.25, 0.3) is 0 Å². The predicted molar refractivity (Wildman–Crippen MR) is 79.0 cm³/mol. The van der Waals surface area contributed by atoms with Gasteiger partial charge < -0.3 is 14.8 Å². The lowest BCUT2D eigenvalue weighted by Crippen LogP contribution is -2.24. The highest BCUT2D eigenvalue weighted by Gasteiger charge is 2.16. The van der Waals surface area contributed by atoms with E-state index in [9.17, 15) is 0 Å². The van der Waals surface area contributed by atoms with Crippen molar-refractivity contribution in [3.8, 4) is 0 Å². The van der Waals surface area contributed by atoms with Crippen molar-refractivity contribution in [3.63, 3.8) is 0 Å². The van der Waals surface area contributed by atoms with Crippen LogP contribution in [0.1, 0.15) is 20.3 Å². The highest BCUT2D eigenvalue weighted by atomic mass is 32.2. The Bertz CT molecular complexity index is 372. The molecule has 1 aromatic heterocycles. The Morgan fingerprint density at radius 3 is 2.80 bits per heavy atom. The molecule has 0 radical (unpaired) electrons. The van der Waals surface area contributed by atoms with E-state index in [1.54, 1.807) is 26.0 Å². The van der Waals surface area contributed by atoms with Gasteiger partial charge in [-0.15, -0.1) is 5.10 Å². The maximum atomic E-state index is 5.40. The molecule has 116 valence electrons. The van der Waals surface area contributed by atoms with E-state index in [4.69, 9.17) is 9.47 Å². The van der Waals surface area contributed by atoms with Crippen molar-refractivity contribution in [3.05, 3.63) is 0 Å². The van der Waals surface area contributed by atoms with Gasteiger partial charge in [-0.1, -0.05) is 11.8 Å². The summed E-state index contributed by atoms with van der Waals surface area (Å²) in [6, 6.07) is 0. The first kappa shape index (κ1) is 17.4. The number of rotatable bonds is 11. The summed E-state index contributed by atoms with van der Waals surface area (Å²) >= 11 is 1.66.